The highest BCUT2D eigenvalue weighted by atomic mass is 16.5. The van der Waals surface area contributed by atoms with E-state index < -0.39 is 0 Å². The van der Waals surface area contributed by atoms with Crippen LogP contribution in [0.4, 0.5) is 5.69 Å². The number of methoxy groups -OCH3 is 1. The number of hydrogen-bond donors (Lipinski definition) is 2. The molecule has 3 aromatic carbocycles. The summed E-state index contributed by atoms with van der Waals surface area (Å²) in [7, 11) is 1.60. The Hall–Kier alpha value is -4.06. The van der Waals surface area contributed by atoms with Crippen molar-refractivity contribution in [1.82, 2.24) is 15.2 Å². The Morgan fingerprint density at radius 2 is 1.55 bits per heavy atom. The lowest BCUT2D eigenvalue weighted by atomic mass is 10.1. The molecule has 1 aromatic heterocycles. The van der Waals surface area contributed by atoms with Gasteiger partial charge in [0.05, 0.1) is 24.0 Å². The second-order valence-corrected chi connectivity index (χ2v) is 6.32. The number of anilines is 1. The third-order valence-electron chi connectivity index (χ3n) is 4.44. The highest BCUT2D eigenvalue weighted by Gasteiger charge is 2.21. The summed E-state index contributed by atoms with van der Waals surface area (Å²) in [6.45, 7) is 0. The number of carbonyl (C=O) groups excluding carboxylic acids is 1. The monoisotopic (exact) mass is 384 g/mol. The first kappa shape index (κ1) is 18.3. The summed E-state index contributed by atoms with van der Waals surface area (Å²) in [5, 5.41) is 4.68. The molecule has 0 aliphatic carbocycles. The van der Waals surface area contributed by atoms with Crippen LogP contribution in [-0.2, 0) is 0 Å². The molecule has 0 atom stereocenters. The number of ether oxygens (including phenoxy) is 1. The predicted molar refractivity (Wildman–Crippen MR) is 113 cm³/mol. The van der Waals surface area contributed by atoms with Crippen molar-refractivity contribution in [2.75, 3.05) is 12.5 Å². The first-order valence-electron chi connectivity index (χ1n) is 9.16. The molecular formula is C23H20N4O2. The average Bonchev–Trinajstić information content (AvgIpc) is 3.24. The molecule has 1 heterocycles. The molecule has 4 rings (SSSR count). The van der Waals surface area contributed by atoms with Gasteiger partial charge >= 0.3 is 0 Å². The average molecular weight is 384 g/mol. The first-order chi connectivity index (χ1) is 14.3. The van der Waals surface area contributed by atoms with Gasteiger partial charge in [-0.15, -0.1) is 0 Å². The summed E-state index contributed by atoms with van der Waals surface area (Å²) < 4.78 is 7.18. The van der Waals surface area contributed by atoms with Crippen molar-refractivity contribution in [3.05, 3.63) is 96.7 Å². The van der Waals surface area contributed by atoms with Crippen molar-refractivity contribution >= 4 is 11.6 Å². The van der Waals surface area contributed by atoms with Gasteiger partial charge in [0.15, 0.2) is 0 Å². The third-order valence-corrected chi connectivity index (χ3v) is 4.44. The topological polar surface area (TPSA) is 68.2 Å². The summed E-state index contributed by atoms with van der Waals surface area (Å²) in [6.07, 6.45) is 1.72. The number of nitrogens with one attached hydrogen (secondary N) is 2. The standard InChI is InChI=1S/C23H20N4O2/c1-29-21-15-9-8-14-19(21)22-20(16-27(26-22)18-12-6-3-7-13-18)23(28)25-24-17-10-4-2-5-11-17/h2-16,24H,1H3,(H,25,28). The van der Waals surface area contributed by atoms with Crippen molar-refractivity contribution in [3.8, 4) is 22.7 Å². The van der Waals surface area contributed by atoms with Crippen LogP contribution in [0, 0.1) is 0 Å². The number of hydrazine groups is 1. The zero-order valence-corrected chi connectivity index (χ0v) is 15.9. The molecule has 0 bridgehead atoms. The van der Waals surface area contributed by atoms with Crippen LogP contribution >= 0.6 is 0 Å². The van der Waals surface area contributed by atoms with Gasteiger partial charge in [-0.3, -0.25) is 15.6 Å². The van der Waals surface area contributed by atoms with Crippen molar-refractivity contribution < 1.29 is 9.53 Å². The van der Waals surface area contributed by atoms with Crippen LogP contribution in [0.5, 0.6) is 5.75 Å². The molecule has 6 heteroatoms. The lowest BCUT2D eigenvalue weighted by Crippen LogP contribution is -2.29. The third kappa shape index (κ3) is 3.96. The van der Waals surface area contributed by atoms with Crippen LogP contribution in [-0.4, -0.2) is 22.8 Å². The van der Waals surface area contributed by atoms with Gasteiger partial charge in [-0.2, -0.15) is 5.10 Å². The number of rotatable bonds is 6. The predicted octanol–water partition coefficient (Wildman–Crippen LogP) is 4.30. The molecule has 4 aromatic rings. The number of amides is 1. The zero-order valence-electron chi connectivity index (χ0n) is 15.9. The maximum atomic E-state index is 13.0. The highest BCUT2D eigenvalue weighted by molar-refractivity contribution is 6.01. The molecule has 0 saturated carbocycles. The molecule has 0 spiro atoms. The van der Waals surface area contributed by atoms with E-state index in [1.165, 1.54) is 0 Å². The number of para-hydroxylation sites is 3. The Kier molecular flexibility index (Phi) is 5.25. The van der Waals surface area contributed by atoms with Gasteiger partial charge in [0, 0.05) is 11.8 Å². The number of carbonyl (C=O) groups is 1. The molecule has 0 unspecified atom stereocenters. The summed E-state index contributed by atoms with van der Waals surface area (Å²) in [4.78, 5) is 13.0. The first-order valence-corrected chi connectivity index (χ1v) is 9.16. The lowest BCUT2D eigenvalue weighted by molar-refractivity contribution is 0.0963. The molecule has 0 fully saturated rings. The van der Waals surface area contributed by atoms with Gasteiger partial charge in [0.2, 0.25) is 0 Å². The SMILES string of the molecule is COc1ccccc1-c1nn(-c2ccccc2)cc1C(=O)NNc1ccccc1. The van der Waals surface area contributed by atoms with Crippen LogP contribution in [0.15, 0.2) is 91.1 Å². The fraction of sp³-hybridized carbons (Fsp3) is 0.0435. The molecule has 0 radical (unpaired) electrons. The number of benzene rings is 3. The minimum Gasteiger partial charge on any atom is -0.496 e. The maximum absolute atomic E-state index is 13.0. The molecule has 0 aliphatic rings. The van der Waals surface area contributed by atoms with Gasteiger partial charge in [0.1, 0.15) is 11.4 Å². The second kappa shape index (κ2) is 8.31. The van der Waals surface area contributed by atoms with Gasteiger partial charge < -0.3 is 4.74 Å². The van der Waals surface area contributed by atoms with E-state index in [1.807, 2.05) is 84.9 Å². The zero-order chi connectivity index (χ0) is 20.1. The fourth-order valence-electron chi connectivity index (χ4n) is 3.01. The van der Waals surface area contributed by atoms with Crippen LogP contribution in [0.25, 0.3) is 16.9 Å². The summed E-state index contributed by atoms with van der Waals surface area (Å²) in [5.74, 6) is 0.354. The van der Waals surface area contributed by atoms with E-state index in [1.54, 1.807) is 18.0 Å². The van der Waals surface area contributed by atoms with E-state index >= 15 is 0 Å². The summed E-state index contributed by atoms with van der Waals surface area (Å²) in [6, 6.07) is 26.6. The molecule has 144 valence electrons. The highest BCUT2D eigenvalue weighted by Crippen LogP contribution is 2.31. The molecular weight excluding hydrogens is 364 g/mol. The lowest BCUT2D eigenvalue weighted by Gasteiger charge is -2.10. The minimum absolute atomic E-state index is 0.294. The molecule has 1 amide bonds. The molecule has 6 nitrogen and oxygen atoms in total. The quantitative estimate of drug-likeness (QED) is 0.486. The van der Waals surface area contributed by atoms with Crippen LogP contribution in [0.1, 0.15) is 10.4 Å². The maximum Gasteiger partial charge on any atom is 0.273 e. The van der Waals surface area contributed by atoms with E-state index in [9.17, 15) is 4.79 Å². The van der Waals surface area contributed by atoms with E-state index in [2.05, 4.69) is 16.0 Å². The smallest absolute Gasteiger partial charge is 0.273 e. The van der Waals surface area contributed by atoms with E-state index in [4.69, 9.17) is 4.74 Å². The Balaban J connectivity index is 1.73. The Morgan fingerprint density at radius 3 is 2.28 bits per heavy atom. The summed E-state index contributed by atoms with van der Waals surface area (Å²) in [5.41, 5.74) is 9.04. The van der Waals surface area contributed by atoms with Crippen molar-refractivity contribution in [2.45, 2.75) is 0 Å². The van der Waals surface area contributed by atoms with E-state index in [0.29, 0.717) is 17.0 Å². The molecule has 0 aliphatic heterocycles. The van der Waals surface area contributed by atoms with Crippen LogP contribution < -0.4 is 15.6 Å². The van der Waals surface area contributed by atoms with Crippen LogP contribution in [0.3, 0.4) is 0 Å². The second-order valence-electron chi connectivity index (χ2n) is 6.32. The van der Waals surface area contributed by atoms with E-state index in [-0.39, 0.29) is 5.91 Å². The van der Waals surface area contributed by atoms with Gasteiger partial charge in [-0.05, 0) is 36.4 Å². The Labute approximate surface area is 168 Å². The number of nitrogens with zero attached hydrogens (tertiary/aromatic N) is 2. The van der Waals surface area contributed by atoms with Crippen LogP contribution in [0.2, 0.25) is 0 Å². The Morgan fingerprint density at radius 1 is 0.897 bits per heavy atom. The Bertz CT molecular complexity index is 1110. The van der Waals surface area contributed by atoms with E-state index in [0.717, 1.165) is 16.9 Å². The molecule has 0 saturated heterocycles. The normalized spacial score (nSPS) is 10.4. The molecule has 29 heavy (non-hydrogen) atoms. The molecule has 2 N–H and O–H groups in total. The van der Waals surface area contributed by atoms with Gasteiger partial charge in [-0.25, -0.2) is 4.68 Å². The van der Waals surface area contributed by atoms with Crippen molar-refractivity contribution in [1.29, 1.82) is 0 Å². The number of hydrogen-bond acceptors (Lipinski definition) is 4. The largest absolute Gasteiger partial charge is 0.496 e. The summed E-state index contributed by atoms with van der Waals surface area (Å²) >= 11 is 0. The van der Waals surface area contributed by atoms with Gasteiger partial charge in [-0.1, -0.05) is 48.5 Å². The van der Waals surface area contributed by atoms with Crippen molar-refractivity contribution in [3.63, 3.8) is 0 Å². The van der Waals surface area contributed by atoms with Gasteiger partial charge in [0.25, 0.3) is 5.91 Å². The van der Waals surface area contributed by atoms with Crippen molar-refractivity contribution in [2.24, 2.45) is 0 Å². The number of aromatic nitrogens is 2. The minimum atomic E-state index is -0.294. The fourth-order valence-corrected chi connectivity index (χ4v) is 3.01.